The predicted octanol–water partition coefficient (Wildman–Crippen LogP) is 3.99. The molecule has 2 aromatic carbocycles. The number of hydrogen-bond donors (Lipinski definition) is 1. The molecule has 0 fully saturated rings. The molecule has 0 saturated carbocycles. The van der Waals surface area contributed by atoms with Crippen LogP contribution in [-0.4, -0.2) is 23.7 Å². The summed E-state index contributed by atoms with van der Waals surface area (Å²) in [5, 5.41) is 0. The Bertz CT molecular complexity index is 993. The number of para-hydroxylation sites is 3. The zero-order valence-electron chi connectivity index (χ0n) is 15.3. The minimum atomic E-state index is -3.29. The summed E-state index contributed by atoms with van der Waals surface area (Å²) in [6.45, 7) is 4.84. The number of benzene rings is 2. The van der Waals surface area contributed by atoms with Crippen molar-refractivity contribution < 1.29 is 8.42 Å². The van der Waals surface area contributed by atoms with Gasteiger partial charge in [-0.3, -0.25) is 4.72 Å². The first kappa shape index (κ1) is 18.5. The average molecular weight is 372 g/mol. The summed E-state index contributed by atoms with van der Waals surface area (Å²) in [7, 11) is -3.29. The highest BCUT2D eigenvalue weighted by Gasteiger charge is 2.13. The van der Waals surface area contributed by atoms with Crippen molar-refractivity contribution in [2.75, 3.05) is 10.5 Å². The number of nitrogens with one attached hydrogen (secondary N) is 1. The molecular weight excluding hydrogens is 346 g/mol. The van der Waals surface area contributed by atoms with E-state index in [1.54, 1.807) is 0 Å². The fourth-order valence-electron chi connectivity index (χ4n) is 3.24. The summed E-state index contributed by atoms with van der Waals surface area (Å²) >= 11 is 0. The Morgan fingerprint density at radius 2 is 1.73 bits per heavy atom. The number of nitrogens with zero attached hydrogens (tertiary/aromatic N) is 2. The Morgan fingerprint density at radius 3 is 2.50 bits per heavy atom. The van der Waals surface area contributed by atoms with Crippen molar-refractivity contribution in [3.8, 4) is 0 Å². The number of aromatic nitrogens is 2. The van der Waals surface area contributed by atoms with Crippen LogP contribution >= 0.6 is 0 Å². The van der Waals surface area contributed by atoms with Gasteiger partial charge in [-0.25, -0.2) is 13.4 Å². The third kappa shape index (κ3) is 4.07. The smallest absolute Gasteiger partial charge is 0.232 e. The fraction of sp³-hybridized carbons (Fsp3) is 0.350. The van der Waals surface area contributed by atoms with E-state index in [2.05, 4.69) is 22.3 Å². The summed E-state index contributed by atoms with van der Waals surface area (Å²) < 4.78 is 29.2. The number of anilines is 1. The summed E-state index contributed by atoms with van der Waals surface area (Å²) in [5.41, 5.74) is 3.80. The Hall–Kier alpha value is -2.34. The maximum atomic E-state index is 12.1. The van der Waals surface area contributed by atoms with Gasteiger partial charge in [-0.1, -0.05) is 37.3 Å². The molecule has 0 aliphatic carbocycles. The first-order valence-electron chi connectivity index (χ1n) is 9.06. The van der Waals surface area contributed by atoms with Crippen LogP contribution in [0.3, 0.4) is 0 Å². The van der Waals surface area contributed by atoms with Crippen LogP contribution in [0.1, 0.15) is 31.7 Å². The molecule has 3 rings (SSSR count). The van der Waals surface area contributed by atoms with Gasteiger partial charge in [-0.05, 0) is 43.5 Å². The molecule has 1 N–H and O–H groups in total. The molecule has 0 aliphatic heterocycles. The second-order valence-electron chi connectivity index (χ2n) is 6.34. The lowest BCUT2D eigenvalue weighted by molar-refractivity contribution is 0.600. The Kier molecular flexibility index (Phi) is 5.61. The number of hydrogen-bond acceptors (Lipinski definition) is 3. The molecule has 138 valence electrons. The van der Waals surface area contributed by atoms with E-state index in [1.165, 1.54) is 0 Å². The molecular formula is C20H25N3O2S. The highest BCUT2D eigenvalue weighted by molar-refractivity contribution is 7.92. The van der Waals surface area contributed by atoms with Gasteiger partial charge in [0.25, 0.3) is 0 Å². The first-order chi connectivity index (χ1) is 12.5. The fourth-order valence-corrected chi connectivity index (χ4v) is 4.41. The summed E-state index contributed by atoms with van der Waals surface area (Å²) in [5.74, 6) is 1.16. The van der Waals surface area contributed by atoms with Gasteiger partial charge in [0.2, 0.25) is 10.0 Å². The number of fused-ring (bicyclic) bond motifs is 1. The molecule has 3 aromatic rings. The highest BCUT2D eigenvalue weighted by Crippen LogP contribution is 2.21. The van der Waals surface area contributed by atoms with Gasteiger partial charge in [0.05, 0.1) is 22.5 Å². The summed E-state index contributed by atoms with van der Waals surface area (Å²) in [6, 6.07) is 15.7. The van der Waals surface area contributed by atoms with Crippen molar-refractivity contribution in [1.82, 2.24) is 9.55 Å². The second-order valence-corrected chi connectivity index (χ2v) is 8.18. The molecule has 1 aromatic heterocycles. The van der Waals surface area contributed by atoms with Crippen LogP contribution in [0, 0.1) is 0 Å². The van der Waals surface area contributed by atoms with Gasteiger partial charge in [0.15, 0.2) is 0 Å². The van der Waals surface area contributed by atoms with Crippen LogP contribution in [0.2, 0.25) is 0 Å². The van der Waals surface area contributed by atoms with E-state index >= 15 is 0 Å². The van der Waals surface area contributed by atoms with Crippen LogP contribution in [0.15, 0.2) is 48.5 Å². The molecule has 0 radical (unpaired) electrons. The molecule has 1 heterocycles. The number of sulfonamides is 1. The SMILES string of the molecule is CCCS(=O)(=O)Nc1ccccc1CCc1nc2ccccc2n1CC. The Morgan fingerprint density at radius 1 is 1.00 bits per heavy atom. The van der Waals surface area contributed by atoms with Crippen LogP contribution < -0.4 is 4.72 Å². The lowest BCUT2D eigenvalue weighted by atomic mass is 10.1. The number of imidazole rings is 1. The molecule has 0 unspecified atom stereocenters. The maximum Gasteiger partial charge on any atom is 0.232 e. The minimum Gasteiger partial charge on any atom is -0.328 e. The molecule has 0 aliphatic rings. The van der Waals surface area contributed by atoms with Crippen molar-refractivity contribution in [2.45, 2.75) is 39.7 Å². The number of rotatable bonds is 8. The second kappa shape index (κ2) is 7.91. The lowest BCUT2D eigenvalue weighted by Crippen LogP contribution is -2.17. The van der Waals surface area contributed by atoms with E-state index in [4.69, 9.17) is 4.98 Å². The van der Waals surface area contributed by atoms with Crippen LogP contribution in [0.5, 0.6) is 0 Å². The summed E-state index contributed by atoms with van der Waals surface area (Å²) in [4.78, 5) is 4.76. The van der Waals surface area contributed by atoms with Gasteiger partial charge < -0.3 is 4.57 Å². The van der Waals surface area contributed by atoms with Crippen LogP contribution in [0.25, 0.3) is 11.0 Å². The molecule has 0 bridgehead atoms. The normalized spacial score (nSPS) is 11.8. The third-order valence-electron chi connectivity index (χ3n) is 4.42. The molecule has 0 atom stereocenters. The zero-order chi connectivity index (χ0) is 18.6. The van der Waals surface area contributed by atoms with Crippen LogP contribution in [-0.2, 0) is 29.4 Å². The van der Waals surface area contributed by atoms with Gasteiger partial charge >= 0.3 is 0 Å². The van der Waals surface area contributed by atoms with Gasteiger partial charge in [0.1, 0.15) is 5.82 Å². The summed E-state index contributed by atoms with van der Waals surface area (Å²) in [6.07, 6.45) is 2.08. The van der Waals surface area contributed by atoms with E-state index in [1.807, 2.05) is 49.4 Å². The van der Waals surface area contributed by atoms with Crippen molar-refractivity contribution in [2.24, 2.45) is 0 Å². The minimum absolute atomic E-state index is 0.132. The molecule has 26 heavy (non-hydrogen) atoms. The molecule has 0 spiro atoms. The van der Waals surface area contributed by atoms with Crippen molar-refractivity contribution in [3.63, 3.8) is 0 Å². The topological polar surface area (TPSA) is 64.0 Å². The standard InChI is InChI=1S/C20H25N3O2S/c1-3-15-26(24,25)22-17-10-6-5-9-16(17)13-14-20-21-18-11-7-8-12-19(18)23(20)4-2/h5-12,22H,3-4,13-15H2,1-2H3. The van der Waals surface area contributed by atoms with Gasteiger partial charge in [-0.2, -0.15) is 0 Å². The van der Waals surface area contributed by atoms with Crippen molar-refractivity contribution in [1.29, 1.82) is 0 Å². The third-order valence-corrected chi connectivity index (χ3v) is 5.90. The average Bonchev–Trinajstić information content (AvgIpc) is 2.98. The maximum absolute atomic E-state index is 12.1. The molecule has 6 heteroatoms. The zero-order valence-corrected chi connectivity index (χ0v) is 16.1. The first-order valence-corrected chi connectivity index (χ1v) is 10.7. The lowest BCUT2D eigenvalue weighted by Gasteiger charge is -2.12. The predicted molar refractivity (Wildman–Crippen MR) is 107 cm³/mol. The monoisotopic (exact) mass is 371 g/mol. The molecule has 0 amide bonds. The van der Waals surface area contributed by atoms with Crippen molar-refractivity contribution in [3.05, 3.63) is 59.9 Å². The van der Waals surface area contributed by atoms with E-state index in [9.17, 15) is 8.42 Å². The largest absolute Gasteiger partial charge is 0.328 e. The Labute approximate surface area is 155 Å². The van der Waals surface area contributed by atoms with Crippen molar-refractivity contribution >= 4 is 26.7 Å². The van der Waals surface area contributed by atoms with Gasteiger partial charge in [-0.15, -0.1) is 0 Å². The molecule has 5 nitrogen and oxygen atoms in total. The van der Waals surface area contributed by atoms with E-state index in [0.717, 1.165) is 41.8 Å². The van der Waals surface area contributed by atoms with Crippen LogP contribution in [0.4, 0.5) is 5.69 Å². The number of aryl methyl sites for hydroxylation is 3. The van der Waals surface area contributed by atoms with Gasteiger partial charge in [0, 0.05) is 13.0 Å². The molecule has 0 saturated heterocycles. The highest BCUT2D eigenvalue weighted by atomic mass is 32.2. The van der Waals surface area contributed by atoms with E-state index < -0.39 is 10.0 Å². The quantitative estimate of drug-likeness (QED) is 0.651. The Balaban J connectivity index is 1.83. The van der Waals surface area contributed by atoms with E-state index in [0.29, 0.717) is 12.1 Å². The van der Waals surface area contributed by atoms with E-state index in [-0.39, 0.29) is 5.75 Å².